The summed E-state index contributed by atoms with van der Waals surface area (Å²) in [6, 6.07) is 10.6. The van der Waals surface area contributed by atoms with E-state index in [2.05, 4.69) is 24.8 Å². The van der Waals surface area contributed by atoms with Crippen molar-refractivity contribution in [2.24, 2.45) is 5.11 Å². The molecule has 3 aromatic rings. The molecule has 0 bridgehead atoms. The van der Waals surface area contributed by atoms with Crippen LogP contribution in [0.2, 0.25) is 0 Å². The zero-order valence-corrected chi connectivity index (χ0v) is 15.7. The first-order valence-corrected chi connectivity index (χ1v) is 8.43. The van der Waals surface area contributed by atoms with E-state index in [9.17, 15) is 22.8 Å². The van der Waals surface area contributed by atoms with Gasteiger partial charge in [0, 0.05) is 23.2 Å². The zero-order valence-electron chi connectivity index (χ0n) is 15.7. The van der Waals surface area contributed by atoms with Crippen LogP contribution in [0.1, 0.15) is 21.0 Å². The highest BCUT2D eigenvalue weighted by molar-refractivity contribution is 6.03. The number of halogens is 3. The molecule has 0 radical (unpaired) electrons. The van der Waals surface area contributed by atoms with E-state index < -0.39 is 23.9 Å². The fourth-order valence-corrected chi connectivity index (χ4v) is 2.48. The first-order chi connectivity index (χ1) is 14.7. The third-order valence-electron chi connectivity index (χ3n) is 3.96. The molecule has 0 saturated heterocycles. The topological polar surface area (TPSA) is 126 Å². The number of amides is 2. The second-order valence-electron chi connectivity index (χ2n) is 5.96. The highest BCUT2D eigenvalue weighted by Crippen LogP contribution is 2.23. The van der Waals surface area contributed by atoms with Crippen LogP contribution in [-0.2, 0) is 0 Å². The molecule has 0 N–H and O–H groups in total. The molecule has 0 aliphatic heterocycles. The van der Waals surface area contributed by atoms with Gasteiger partial charge in [-0.25, -0.2) is 9.67 Å². The van der Waals surface area contributed by atoms with Gasteiger partial charge in [0.25, 0.3) is 5.91 Å². The van der Waals surface area contributed by atoms with Gasteiger partial charge in [0.15, 0.2) is 0 Å². The van der Waals surface area contributed by atoms with Crippen LogP contribution in [0.25, 0.3) is 16.1 Å². The highest BCUT2D eigenvalue weighted by atomic mass is 19.4. The highest BCUT2D eigenvalue weighted by Gasteiger charge is 2.31. The number of aromatic nitrogens is 3. The van der Waals surface area contributed by atoms with Gasteiger partial charge in [-0.05, 0) is 59.2 Å². The maximum Gasteiger partial charge on any atom is 0.573 e. The Morgan fingerprint density at radius 3 is 2.35 bits per heavy atom. The van der Waals surface area contributed by atoms with E-state index >= 15 is 0 Å². The van der Waals surface area contributed by atoms with Gasteiger partial charge in [-0.2, -0.15) is 0 Å². The lowest BCUT2D eigenvalue weighted by Gasteiger charge is -2.15. The molecule has 13 heteroatoms. The molecular weight excluding hydrogens is 419 g/mol. The largest absolute Gasteiger partial charge is 0.573 e. The van der Waals surface area contributed by atoms with Gasteiger partial charge in [-0.15, -0.1) is 18.3 Å². The van der Waals surface area contributed by atoms with Gasteiger partial charge < -0.3 is 9.64 Å². The Kier molecular flexibility index (Phi) is 5.88. The van der Waals surface area contributed by atoms with Crippen molar-refractivity contribution in [1.29, 1.82) is 0 Å². The molecule has 0 saturated carbocycles. The van der Waals surface area contributed by atoms with E-state index in [1.807, 2.05) is 0 Å². The predicted molar refractivity (Wildman–Crippen MR) is 101 cm³/mol. The fraction of sp³-hybridized carbons (Fsp3) is 0.111. The van der Waals surface area contributed by atoms with Crippen molar-refractivity contribution >= 4 is 17.5 Å². The summed E-state index contributed by atoms with van der Waals surface area (Å²) in [6.07, 6.45) is -3.56. The number of benzene rings is 2. The Balaban J connectivity index is 1.73. The Morgan fingerprint density at radius 2 is 1.77 bits per heavy atom. The molecule has 1 aromatic heterocycles. The quantitative estimate of drug-likeness (QED) is 0.344. The second-order valence-corrected chi connectivity index (χ2v) is 5.96. The zero-order chi connectivity index (χ0) is 22.6. The molecule has 10 nitrogen and oxygen atoms in total. The first-order valence-electron chi connectivity index (χ1n) is 8.43. The average Bonchev–Trinajstić information content (AvgIpc) is 3.22. The minimum Gasteiger partial charge on any atom is -0.406 e. The number of nitrogens with zero attached hydrogens (tertiary/aromatic N) is 7. The molecule has 0 aliphatic carbocycles. The number of hydrogen-bond donors (Lipinski definition) is 0. The summed E-state index contributed by atoms with van der Waals surface area (Å²) in [7, 11) is 1.47. The van der Waals surface area contributed by atoms with Gasteiger partial charge in [-0.1, -0.05) is 0 Å². The molecule has 31 heavy (non-hydrogen) atoms. The predicted octanol–water partition coefficient (Wildman–Crippen LogP) is 3.89. The summed E-state index contributed by atoms with van der Waals surface area (Å²) in [4.78, 5) is 31.7. The summed E-state index contributed by atoms with van der Waals surface area (Å²) in [5.41, 5.74) is 9.24. The van der Waals surface area contributed by atoms with E-state index in [4.69, 9.17) is 5.53 Å². The van der Waals surface area contributed by atoms with Gasteiger partial charge in [0.05, 0.1) is 5.69 Å². The van der Waals surface area contributed by atoms with E-state index in [1.54, 1.807) is 0 Å². The van der Waals surface area contributed by atoms with Crippen molar-refractivity contribution in [3.63, 3.8) is 0 Å². The monoisotopic (exact) mass is 431 g/mol. The van der Waals surface area contributed by atoms with Crippen LogP contribution >= 0.6 is 0 Å². The standard InChI is InChI=1S/C18H12F3N7O3/c1-27(12-4-2-11(3-5-12)16(29)24-26-22)17(30)15-23-10-28(25-15)13-6-8-14(9-7-13)31-18(19,20)21/h2-10H,1H3. The minimum absolute atomic E-state index is 0.155. The minimum atomic E-state index is -4.80. The van der Waals surface area contributed by atoms with Crippen molar-refractivity contribution in [2.45, 2.75) is 6.36 Å². The third kappa shape index (κ3) is 5.16. The molecule has 0 unspecified atom stereocenters. The van der Waals surface area contributed by atoms with Crippen LogP contribution in [0, 0.1) is 0 Å². The van der Waals surface area contributed by atoms with Gasteiger partial charge >= 0.3 is 6.36 Å². The second kappa shape index (κ2) is 8.55. The van der Waals surface area contributed by atoms with E-state index in [-0.39, 0.29) is 11.4 Å². The molecule has 158 valence electrons. The molecule has 0 fully saturated rings. The third-order valence-corrected chi connectivity index (χ3v) is 3.96. The summed E-state index contributed by atoms with van der Waals surface area (Å²) < 4.78 is 41.7. The van der Waals surface area contributed by atoms with Crippen molar-refractivity contribution < 1.29 is 27.5 Å². The van der Waals surface area contributed by atoms with Crippen molar-refractivity contribution in [3.05, 3.63) is 76.7 Å². The molecule has 2 amide bonds. The Morgan fingerprint density at radius 1 is 1.13 bits per heavy atom. The Labute approximate surface area is 172 Å². The van der Waals surface area contributed by atoms with E-state index in [1.165, 1.54) is 59.4 Å². The number of alkyl halides is 3. The maximum absolute atomic E-state index is 12.6. The number of anilines is 1. The molecule has 3 rings (SSSR count). The summed E-state index contributed by atoms with van der Waals surface area (Å²) in [6.45, 7) is 0. The summed E-state index contributed by atoms with van der Waals surface area (Å²) in [5, 5.41) is 7.02. The summed E-state index contributed by atoms with van der Waals surface area (Å²) in [5.74, 6) is -1.87. The SMILES string of the molecule is CN(C(=O)c1ncn(-c2ccc(OC(F)(F)F)cc2)n1)c1ccc(C(=O)N=[N+]=[N-])cc1. The normalized spacial score (nSPS) is 10.8. The van der Waals surface area contributed by atoms with Gasteiger partial charge in [0.1, 0.15) is 12.1 Å². The lowest BCUT2D eigenvalue weighted by Crippen LogP contribution is -2.27. The lowest BCUT2D eigenvalue weighted by molar-refractivity contribution is -0.274. The molecule has 2 aromatic carbocycles. The van der Waals surface area contributed by atoms with Crippen molar-refractivity contribution in [3.8, 4) is 11.4 Å². The first kappa shape index (κ1) is 21.3. The van der Waals surface area contributed by atoms with Crippen LogP contribution in [0.4, 0.5) is 18.9 Å². The fourth-order valence-electron chi connectivity index (χ4n) is 2.48. The number of hydrogen-bond acceptors (Lipinski definition) is 5. The smallest absolute Gasteiger partial charge is 0.406 e. The van der Waals surface area contributed by atoms with Crippen LogP contribution in [-0.4, -0.2) is 40.0 Å². The van der Waals surface area contributed by atoms with Crippen molar-refractivity contribution in [1.82, 2.24) is 14.8 Å². The Bertz CT molecular complexity index is 1150. The van der Waals surface area contributed by atoms with Gasteiger partial charge in [-0.3, -0.25) is 9.59 Å². The molecular formula is C18H12F3N7O3. The molecule has 0 aliphatic rings. The number of carbonyl (C=O) groups excluding carboxylic acids is 2. The average molecular weight is 431 g/mol. The number of azide groups is 1. The summed E-state index contributed by atoms with van der Waals surface area (Å²) >= 11 is 0. The number of rotatable bonds is 5. The number of carbonyl (C=O) groups is 2. The van der Waals surface area contributed by atoms with Gasteiger partial charge in [0.2, 0.25) is 11.7 Å². The van der Waals surface area contributed by atoms with E-state index in [0.29, 0.717) is 11.4 Å². The van der Waals surface area contributed by atoms with E-state index in [0.717, 1.165) is 12.1 Å². The van der Waals surface area contributed by atoms with Crippen molar-refractivity contribution in [2.75, 3.05) is 11.9 Å². The molecule has 0 spiro atoms. The lowest BCUT2D eigenvalue weighted by atomic mass is 10.2. The van der Waals surface area contributed by atoms with Crippen LogP contribution in [0.15, 0.2) is 60.0 Å². The van der Waals surface area contributed by atoms with Crippen LogP contribution in [0.5, 0.6) is 5.75 Å². The maximum atomic E-state index is 12.6. The molecule has 0 atom stereocenters. The Hall–Kier alpha value is -4.38. The number of ether oxygens (including phenoxy) is 1. The van der Waals surface area contributed by atoms with Crippen LogP contribution < -0.4 is 9.64 Å². The molecule has 1 heterocycles. The van der Waals surface area contributed by atoms with Crippen LogP contribution in [0.3, 0.4) is 0 Å².